The van der Waals surface area contributed by atoms with E-state index < -0.39 is 16.6 Å². The van der Waals surface area contributed by atoms with E-state index in [1.165, 1.54) is 19.5 Å². The summed E-state index contributed by atoms with van der Waals surface area (Å²) in [7, 11) is 1.25. The van der Waals surface area contributed by atoms with Gasteiger partial charge in [-0.25, -0.2) is 14.8 Å². The summed E-state index contributed by atoms with van der Waals surface area (Å²) >= 11 is 0. The Hall–Kier alpha value is -4.41. The minimum absolute atomic E-state index is 0.0353. The second-order valence-electron chi connectivity index (χ2n) is 6.03. The molecule has 0 saturated heterocycles. The molecule has 2 heterocycles. The molecule has 0 unspecified atom stereocenters. The molecule has 30 heavy (non-hydrogen) atoms. The Kier molecular flexibility index (Phi) is 4.99. The molecule has 0 radical (unpaired) electrons. The molecule has 0 atom stereocenters. The minimum Gasteiger partial charge on any atom is -0.465 e. The molecule has 2 aromatic carbocycles. The third-order valence-corrected chi connectivity index (χ3v) is 4.23. The van der Waals surface area contributed by atoms with Gasteiger partial charge in [0.1, 0.15) is 6.33 Å². The molecule has 0 fully saturated rings. The maximum absolute atomic E-state index is 12.0. The number of ether oxygens (including phenoxy) is 3. The van der Waals surface area contributed by atoms with Crippen molar-refractivity contribution < 1.29 is 23.9 Å². The standard InChI is InChI=1S/C19H15N5O6/c1-28-19(25)12-4-2-3-5-13(12)23-18-16(24(26)27)17(20-9-21-18)22-11-6-7-14-15(8-11)30-10-29-14/h2-9H,10H2,1H3,(H2,20,21,22,23). The van der Waals surface area contributed by atoms with Crippen LogP contribution in [0.1, 0.15) is 10.4 Å². The second-order valence-corrected chi connectivity index (χ2v) is 6.03. The lowest BCUT2D eigenvalue weighted by molar-refractivity contribution is -0.383. The largest absolute Gasteiger partial charge is 0.465 e. The van der Waals surface area contributed by atoms with Gasteiger partial charge in [0.15, 0.2) is 11.5 Å². The second kappa shape index (κ2) is 7.91. The van der Waals surface area contributed by atoms with Crippen LogP contribution in [0.4, 0.5) is 28.7 Å². The number of carbonyl (C=O) groups is 1. The molecule has 0 bridgehead atoms. The maximum Gasteiger partial charge on any atom is 0.353 e. The molecule has 0 amide bonds. The first-order valence-corrected chi connectivity index (χ1v) is 8.67. The van der Waals surface area contributed by atoms with Gasteiger partial charge in [-0.1, -0.05) is 12.1 Å². The van der Waals surface area contributed by atoms with E-state index in [1.807, 2.05) is 0 Å². The van der Waals surface area contributed by atoms with Crippen LogP contribution in [0.25, 0.3) is 0 Å². The summed E-state index contributed by atoms with van der Waals surface area (Å²) in [6.45, 7) is 0.111. The molecule has 4 rings (SSSR count). The fourth-order valence-corrected chi connectivity index (χ4v) is 2.85. The SMILES string of the molecule is COC(=O)c1ccccc1Nc1ncnc(Nc2ccc3c(c2)OCO3)c1[N+](=O)[O-]. The normalized spacial score (nSPS) is 11.6. The summed E-state index contributed by atoms with van der Waals surface area (Å²) in [5, 5.41) is 17.5. The Balaban J connectivity index is 1.69. The number of para-hydroxylation sites is 1. The van der Waals surface area contributed by atoms with E-state index in [9.17, 15) is 14.9 Å². The highest BCUT2D eigenvalue weighted by Gasteiger charge is 2.25. The van der Waals surface area contributed by atoms with Crippen LogP contribution in [-0.2, 0) is 4.74 Å². The van der Waals surface area contributed by atoms with Crippen molar-refractivity contribution in [2.45, 2.75) is 0 Å². The molecule has 1 aliphatic heterocycles. The first kappa shape index (κ1) is 18.9. The average Bonchev–Trinajstić information content (AvgIpc) is 3.21. The number of nitro groups is 1. The molecule has 1 aliphatic rings. The molecule has 0 saturated carbocycles. The lowest BCUT2D eigenvalue weighted by Gasteiger charge is -2.12. The molecule has 11 heteroatoms. The zero-order chi connectivity index (χ0) is 21.1. The van der Waals surface area contributed by atoms with E-state index in [2.05, 4.69) is 20.6 Å². The molecule has 152 valence electrons. The number of carbonyl (C=O) groups excluding carboxylic acids is 1. The molecule has 0 aliphatic carbocycles. The Morgan fingerprint density at radius 2 is 1.83 bits per heavy atom. The van der Waals surface area contributed by atoms with Crippen molar-refractivity contribution in [3.05, 3.63) is 64.5 Å². The summed E-state index contributed by atoms with van der Waals surface area (Å²) in [6, 6.07) is 11.5. The molecule has 2 N–H and O–H groups in total. The van der Waals surface area contributed by atoms with Gasteiger partial charge in [0.25, 0.3) is 0 Å². The van der Waals surface area contributed by atoms with Gasteiger partial charge in [-0.05, 0) is 24.3 Å². The highest BCUT2D eigenvalue weighted by Crippen LogP contribution is 2.37. The van der Waals surface area contributed by atoms with Crippen LogP contribution in [0.15, 0.2) is 48.8 Å². The van der Waals surface area contributed by atoms with Gasteiger partial charge in [-0.2, -0.15) is 0 Å². The van der Waals surface area contributed by atoms with Gasteiger partial charge in [-0.15, -0.1) is 0 Å². The molecule has 11 nitrogen and oxygen atoms in total. The van der Waals surface area contributed by atoms with E-state index in [0.717, 1.165) is 0 Å². The van der Waals surface area contributed by atoms with Gasteiger partial charge in [0.05, 0.1) is 23.3 Å². The van der Waals surface area contributed by atoms with Crippen LogP contribution >= 0.6 is 0 Å². The third kappa shape index (κ3) is 3.63. The molecule has 3 aromatic rings. The van der Waals surface area contributed by atoms with Gasteiger partial charge < -0.3 is 24.8 Å². The fraction of sp³-hybridized carbons (Fsp3) is 0.105. The van der Waals surface area contributed by atoms with E-state index in [4.69, 9.17) is 14.2 Å². The van der Waals surface area contributed by atoms with Gasteiger partial charge in [-0.3, -0.25) is 10.1 Å². The summed E-state index contributed by atoms with van der Waals surface area (Å²) in [4.78, 5) is 31.1. The summed E-state index contributed by atoms with van der Waals surface area (Å²) < 4.78 is 15.3. The van der Waals surface area contributed by atoms with Crippen molar-refractivity contribution in [3.63, 3.8) is 0 Å². The van der Waals surface area contributed by atoms with Crippen molar-refractivity contribution in [3.8, 4) is 11.5 Å². The number of nitrogens with one attached hydrogen (secondary N) is 2. The van der Waals surface area contributed by atoms with Crippen LogP contribution in [0.2, 0.25) is 0 Å². The number of hydrogen-bond acceptors (Lipinski definition) is 10. The van der Waals surface area contributed by atoms with Crippen LogP contribution < -0.4 is 20.1 Å². The number of anilines is 4. The number of aromatic nitrogens is 2. The number of fused-ring (bicyclic) bond motifs is 1. The van der Waals surface area contributed by atoms with E-state index in [1.54, 1.807) is 36.4 Å². The quantitative estimate of drug-likeness (QED) is 0.354. The lowest BCUT2D eigenvalue weighted by Crippen LogP contribution is -2.09. The van der Waals surface area contributed by atoms with Crippen LogP contribution in [-0.4, -0.2) is 34.8 Å². The van der Waals surface area contributed by atoms with Crippen molar-refractivity contribution in [1.82, 2.24) is 9.97 Å². The summed E-state index contributed by atoms with van der Waals surface area (Å²) in [5.41, 5.74) is 0.634. The number of hydrogen-bond donors (Lipinski definition) is 2. The average molecular weight is 409 g/mol. The predicted octanol–water partition coefficient (Wildman–Crippen LogP) is 3.39. The topological polar surface area (TPSA) is 138 Å². The van der Waals surface area contributed by atoms with Gasteiger partial charge >= 0.3 is 11.7 Å². The molecular formula is C19H15N5O6. The summed E-state index contributed by atoms with van der Waals surface area (Å²) in [6.07, 6.45) is 1.17. The molecule has 1 aromatic heterocycles. The number of esters is 1. The lowest BCUT2D eigenvalue weighted by atomic mass is 10.2. The Morgan fingerprint density at radius 3 is 2.60 bits per heavy atom. The van der Waals surface area contributed by atoms with Crippen LogP contribution in [0, 0.1) is 10.1 Å². The van der Waals surface area contributed by atoms with Crippen molar-refractivity contribution in [2.75, 3.05) is 24.5 Å². The maximum atomic E-state index is 12.0. The zero-order valence-electron chi connectivity index (χ0n) is 15.6. The molecular weight excluding hydrogens is 394 g/mol. The Morgan fingerprint density at radius 1 is 1.10 bits per heavy atom. The monoisotopic (exact) mass is 409 g/mol. The first-order chi connectivity index (χ1) is 14.6. The van der Waals surface area contributed by atoms with E-state index in [-0.39, 0.29) is 24.0 Å². The van der Waals surface area contributed by atoms with E-state index in [0.29, 0.717) is 22.9 Å². The number of nitrogens with zero attached hydrogens (tertiary/aromatic N) is 3. The number of rotatable bonds is 6. The first-order valence-electron chi connectivity index (χ1n) is 8.67. The number of methoxy groups -OCH3 is 1. The highest BCUT2D eigenvalue weighted by molar-refractivity contribution is 5.96. The highest BCUT2D eigenvalue weighted by atomic mass is 16.7. The van der Waals surface area contributed by atoms with Gasteiger partial charge in [0.2, 0.25) is 18.4 Å². The predicted molar refractivity (Wildman–Crippen MR) is 106 cm³/mol. The van der Waals surface area contributed by atoms with Crippen LogP contribution in [0.3, 0.4) is 0 Å². The fourth-order valence-electron chi connectivity index (χ4n) is 2.85. The van der Waals surface area contributed by atoms with Crippen molar-refractivity contribution >= 4 is 34.7 Å². The Bertz CT molecular complexity index is 1140. The number of benzene rings is 2. The van der Waals surface area contributed by atoms with Gasteiger partial charge in [0, 0.05) is 11.8 Å². The third-order valence-electron chi connectivity index (χ3n) is 4.23. The smallest absolute Gasteiger partial charge is 0.353 e. The zero-order valence-corrected chi connectivity index (χ0v) is 15.6. The summed E-state index contributed by atoms with van der Waals surface area (Å²) in [5.74, 6) is 0.386. The van der Waals surface area contributed by atoms with E-state index >= 15 is 0 Å². The molecule has 0 spiro atoms. The van der Waals surface area contributed by atoms with Crippen molar-refractivity contribution in [1.29, 1.82) is 0 Å². The van der Waals surface area contributed by atoms with Crippen LogP contribution in [0.5, 0.6) is 11.5 Å². The Labute approximate surface area is 169 Å². The van der Waals surface area contributed by atoms with Crippen molar-refractivity contribution in [2.24, 2.45) is 0 Å². The minimum atomic E-state index is -0.613.